The van der Waals surface area contributed by atoms with E-state index in [9.17, 15) is 4.39 Å². The van der Waals surface area contributed by atoms with Gasteiger partial charge in [0.2, 0.25) is 0 Å². The van der Waals surface area contributed by atoms with Gasteiger partial charge in [-0.2, -0.15) is 0 Å². The Labute approximate surface area is 108 Å². The van der Waals surface area contributed by atoms with Crippen LogP contribution in [0.2, 0.25) is 5.02 Å². The molecular weight excluding hydrogens is 294 g/mol. The first kappa shape index (κ1) is 12.2. The summed E-state index contributed by atoms with van der Waals surface area (Å²) in [5.74, 6) is 0.811. The number of ether oxygens (including phenoxy) is 1. The number of hydrogen-bond acceptors (Lipinski definition) is 1. The van der Waals surface area contributed by atoms with E-state index >= 15 is 0 Å². The van der Waals surface area contributed by atoms with Crippen molar-refractivity contribution in [1.29, 1.82) is 0 Å². The second-order valence-electron chi connectivity index (χ2n) is 4.36. The molecule has 0 heterocycles. The molecule has 1 aromatic carbocycles. The Morgan fingerprint density at radius 3 is 2.81 bits per heavy atom. The molecule has 0 aliphatic heterocycles. The average molecular weight is 308 g/mol. The molecule has 4 heteroatoms. The van der Waals surface area contributed by atoms with E-state index in [1.165, 1.54) is 12.5 Å². The van der Waals surface area contributed by atoms with Crippen LogP contribution in [0.5, 0.6) is 5.75 Å². The van der Waals surface area contributed by atoms with Crippen molar-refractivity contribution in [2.75, 3.05) is 0 Å². The zero-order chi connectivity index (χ0) is 11.7. The monoisotopic (exact) mass is 306 g/mol. The van der Waals surface area contributed by atoms with Gasteiger partial charge in [0.05, 0.1) is 10.6 Å². The Balaban J connectivity index is 2.15. The zero-order valence-corrected chi connectivity index (χ0v) is 11.3. The second kappa shape index (κ2) is 4.92. The summed E-state index contributed by atoms with van der Waals surface area (Å²) in [5, 5.41) is 0.363. The van der Waals surface area contributed by atoms with Crippen LogP contribution in [0.15, 0.2) is 16.6 Å². The van der Waals surface area contributed by atoms with Crippen molar-refractivity contribution in [3.63, 3.8) is 0 Å². The third-order valence-electron chi connectivity index (χ3n) is 2.90. The smallest absolute Gasteiger partial charge is 0.142 e. The van der Waals surface area contributed by atoms with Gasteiger partial charge in [-0.3, -0.25) is 0 Å². The highest BCUT2D eigenvalue weighted by Gasteiger charge is 2.24. The highest BCUT2D eigenvalue weighted by Crippen LogP contribution is 2.35. The Morgan fingerprint density at radius 2 is 2.19 bits per heavy atom. The maximum atomic E-state index is 13.4. The van der Waals surface area contributed by atoms with Gasteiger partial charge in [0.25, 0.3) is 0 Å². The van der Waals surface area contributed by atoms with E-state index in [4.69, 9.17) is 16.3 Å². The fraction of sp³-hybridized carbons (Fsp3) is 0.500. The van der Waals surface area contributed by atoms with Gasteiger partial charge in [-0.1, -0.05) is 18.5 Å². The molecule has 1 nitrogen and oxygen atoms in total. The molecule has 2 rings (SSSR count). The first-order valence-corrected chi connectivity index (χ1v) is 6.54. The SMILES string of the molecule is C[C@H]1CC[C@@H](Oc2cc(Cl)cc(F)c2Br)C1. The number of benzene rings is 1. The summed E-state index contributed by atoms with van der Waals surface area (Å²) in [6, 6.07) is 2.92. The van der Waals surface area contributed by atoms with E-state index in [0.29, 0.717) is 21.2 Å². The standard InChI is InChI=1S/C12H13BrClFO/c1-7-2-3-9(4-7)16-11-6-8(14)5-10(15)12(11)13/h5-7,9H,2-4H2,1H3/t7-,9+/m0/s1. The van der Waals surface area contributed by atoms with Crippen LogP contribution in [0, 0.1) is 11.7 Å². The van der Waals surface area contributed by atoms with Crippen LogP contribution < -0.4 is 4.74 Å². The summed E-state index contributed by atoms with van der Waals surface area (Å²) < 4.78 is 19.5. The van der Waals surface area contributed by atoms with Crippen LogP contribution in [-0.4, -0.2) is 6.10 Å². The van der Waals surface area contributed by atoms with Crippen LogP contribution in [0.1, 0.15) is 26.2 Å². The summed E-state index contributed by atoms with van der Waals surface area (Å²) in [5.41, 5.74) is 0. The minimum absolute atomic E-state index is 0.184. The summed E-state index contributed by atoms with van der Waals surface area (Å²) >= 11 is 8.97. The fourth-order valence-electron chi connectivity index (χ4n) is 2.06. The fourth-order valence-corrected chi connectivity index (χ4v) is 2.58. The molecular formula is C12H13BrClFO. The van der Waals surface area contributed by atoms with Crippen molar-refractivity contribution in [1.82, 2.24) is 0 Å². The lowest BCUT2D eigenvalue weighted by molar-refractivity contribution is 0.203. The zero-order valence-electron chi connectivity index (χ0n) is 8.97. The van der Waals surface area contributed by atoms with Gasteiger partial charge < -0.3 is 4.74 Å². The predicted octanol–water partition coefficient (Wildman–Crippen LogP) is 4.81. The van der Waals surface area contributed by atoms with Gasteiger partial charge in [-0.15, -0.1) is 0 Å². The van der Waals surface area contributed by atoms with Crippen LogP contribution >= 0.6 is 27.5 Å². The van der Waals surface area contributed by atoms with Crippen LogP contribution in [0.25, 0.3) is 0 Å². The van der Waals surface area contributed by atoms with Crippen molar-refractivity contribution in [3.05, 3.63) is 27.4 Å². The molecule has 0 unspecified atom stereocenters. The van der Waals surface area contributed by atoms with E-state index < -0.39 is 0 Å². The van der Waals surface area contributed by atoms with Gasteiger partial charge in [0.15, 0.2) is 0 Å². The minimum atomic E-state index is -0.381. The van der Waals surface area contributed by atoms with E-state index in [0.717, 1.165) is 12.8 Å². The Kier molecular flexibility index (Phi) is 3.75. The topological polar surface area (TPSA) is 9.23 Å². The lowest BCUT2D eigenvalue weighted by atomic mass is 10.1. The molecule has 0 spiro atoms. The first-order valence-electron chi connectivity index (χ1n) is 5.37. The maximum Gasteiger partial charge on any atom is 0.142 e. The Hall–Kier alpha value is -0.280. The Bertz CT molecular complexity index is 397. The summed E-state index contributed by atoms with van der Waals surface area (Å²) in [6.45, 7) is 2.21. The van der Waals surface area contributed by atoms with Crippen molar-refractivity contribution in [2.45, 2.75) is 32.3 Å². The molecule has 1 saturated carbocycles. The molecule has 1 aliphatic carbocycles. The van der Waals surface area contributed by atoms with Crippen molar-refractivity contribution in [3.8, 4) is 5.75 Å². The maximum absolute atomic E-state index is 13.4. The molecule has 0 amide bonds. The van der Waals surface area contributed by atoms with Gasteiger partial charge in [0, 0.05) is 11.1 Å². The third-order valence-corrected chi connectivity index (χ3v) is 3.89. The van der Waals surface area contributed by atoms with E-state index in [2.05, 4.69) is 22.9 Å². The van der Waals surface area contributed by atoms with Gasteiger partial charge in [0.1, 0.15) is 11.6 Å². The largest absolute Gasteiger partial charge is 0.489 e. The molecule has 2 atom stereocenters. The molecule has 1 fully saturated rings. The normalized spacial score (nSPS) is 24.8. The van der Waals surface area contributed by atoms with Crippen LogP contribution in [-0.2, 0) is 0 Å². The van der Waals surface area contributed by atoms with E-state index in [1.807, 2.05) is 0 Å². The van der Waals surface area contributed by atoms with Gasteiger partial charge in [-0.25, -0.2) is 4.39 Å². The lowest BCUT2D eigenvalue weighted by Crippen LogP contribution is -2.12. The molecule has 0 saturated heterocycles. The van der Waals surface area contributed by atoms with Crippen LogP contribution in [0.4, 0.5) is 4.39 Å². The van der Waals surface area contributed by atoms with E-state index in [-0.39, 0.29) is 11.9 Å². The Morgan fingerprint density at radius 1 is 1.44 bits per heavy atom. The second-order valence-corrected chi connectivity index (χ2v) is 5.59. The van der Waals surface area contributed by atoms with Crippen molar-refractivity contribution in [2.24, 2.45) is 5.92 Å². The molecule has 0 N–H and O–H groups in total. The molecule has 1 aromatic rings. The number of rotatable bonds is 2. The van der Waals surface area contributed by atoms with Crippen molar-refractivity contribution < 1.29 is 9.13 Å². The summed E-state index contributed by atoms with van der Waals surface area (Å²) in [4.78, 5) is 0. The number of halogens is 3. The van der Waals surface area contributed by atoms with Gasteiger partial charge in [-0.05, 0) is 47.2 Å². The molecule has 0 radical (unpaired) electrons. The van der Waals surface area contributed by atoms with Crippen molar-refractivity contribution >= 4 is 27.5 Å². The molecule has 1 aliphatic rings. The highest BCUT2D eigenvalue weighted by atomic mass is 79.9. The molecule has 88 valence electrons. The lowest BCUT2D eigenvalue weighted by Gasteiger charge is -2.15. The van der Waals surface area contributed by atoms with E-state index in [1.54, 1.807) is 6.07 Å². The summed E-state index contributed by atoms with van der Waals surface area (Å²) in [7, 11) is 0. The molecule has 16 heavy (non-hydrogen) atoms. The molecule has 0 bridgehead atoms. The third kappa shape index (κ3) is 2.69. The van der Waals surface area contributed by atoms with Gasteiger partial charge >= 0.3 is 0 Å². The van der Waals surface area contributed by atoms with Crippen LogP contribution in [0.3, 0.4) is 0 Å². The predicted molar refractivity (Wildman–Crippen MR) is 66.5 cm³/mol. The quantitative estimate of drug-likeness (QED) is 0.713. The number of hydrogen-bond donors (Lipinski definition) is 0. The average Bonchev–Trinajstić information content (AvgIpc) is 2.60. The summed E-state index contributed by atoms with van der Waals surface area (Å²) in [6.07, 6.45) is 3.41. The first-order chi connectivity index (χ1) is 7.56. The highest BCUT2D eigenvalue weighted by molar-refractivity contribution is 9.10. The molecule has 0 aromatic heterocycles. The minimum Gasteiger partial charge on any atom is -0.489 e.